The van der Waals surface area contributed by atoms with Crippen LogP contribution in [0, 0.1) is 13.8 Å². The van der Waals surface area contributed by atoms with Crippen molar-refractivity contribution in [2.45, 2.75) is 39.7 Å². The fourth-order valence-electron chi connectivity index (χ4n) is 3.61. The van der Waals surface area contributed by atoms with Gasteiger partial charge in [-0.15, -0.1) is 0 Å². The molecule has 1 fully saturated rings. The minimum atomic E-state index is 0.135. The summed E-state index contributed by atoms with van der Waals surface area (Å²) in [6.45, 7) is 6.86. The van der Waals surface area contributed by atoms with Gasteiger partial charge in [0.05, 0.1) is 12.1 Å². The van der Waals surface area contributed by atoms with Gasteiger partial charge < -0.3 is 9.80 Å². The fourth-order valence-corrected chi connectivity index (χ4v) is 3.61. The van der Waals surface area contributed by atoms with Crippen molar-refractivity contribution >= 4 is 11.6 Å². The first-order valence-electron chi connectivity index (χ1n) is 9.03. The van der Waals surface area contributed by atoms with Gasteiger partial charge in [-0.2, -0.15) is 5.10 Å². The van der Waals surface area contributed by atoms with Crippen molar-refractivity contribution in [3.8, 4) is 0 Å². The van der Waals surface area contributed by atoms with E-state index in [9.17, 15) is 4.79 Å². The summed E-state index contributed by atoms with van der Waals surface area (Å²) >= 11 is 0. The lowest BCUT2D eigenvalue weighted by molar-refractivity contribution is -0.129. The van der Waals surface area contributed by atoms with E-state index in [4.69, 9.17) is 0 Å². The van der Waals surface area contributed by atoms with Crippen LogP contribution >= 0.6 is 0 Å². The van der Waals surface area contributed by atoms with Crippen LogP contribution in [0.2, 0.25) is 0 Å². The van der Waals surface area contributed by atoms with E-state index < -0.39 is 0 Å². The molecule has 0 bridgehead atoms. The maximum atomic E-state index is 12.7. The first-order valence-corrected chi connectivity index (χ1v) is 9.03. The molecule has 1 saturated heterocycles. The first-order chi connectivity index (χ1) is 12.0. The molecule has 0 unspecified atom stereocenters. The largest absolute Gasteiger partial charge is 0.371 e. The van der Waals surface area contributed by atoms with Crippen LogP contribution in [0.15, 0.2) is 24.3 Å². The van der Waals surface area contributed by atoms with E-state index in [0.29, 0.717) is 13.0 Å². The molecule has 5 heteroatoms. The number of carbonyl (C=O) groups excluding carboxylic acids is 1. The van der Waals surface area contributed by atoms with E-state index in [1.807, 2.05) is 37.5 Å². The summed E-state index contributed by atoms with van der Waals surface area (Å²) in [7, 11) is 3.82. The number of rotatable bonds is 5. The van der Waals surface area contributed by atoms with Crippen LogP contribution in [0.5, 0.6) is 0 Å². The molecule has 1 aliphatic heterocycles. The molecule has 2 heterocycles. The SMILES string of the molecule is Cc1nn(C)c(C)c1CC(=O)N(C)Cc1ccccc1N1CCCC1. The molecule has 0 aliphatic carbocycles. The number of anilines is 1. The highest BCUT2D eigenvalue weighted by atomic mass is 16.2. The second-order valence-corrected chi connectivity index (χ2v) is 7.02. The molecule has 0 N–H and O–H groups in total. The summed E-state index contributed by atoms with van der Waals surface area (Å²) in [4.78, 5) is 17.0. The number of likely N-dealkylation sites (N-methyl/N-ethyl adjacent to an activating group) is 1. The number of aryl methyl sites for hydroxylation is 2. The molecule has 0 radical (unpaired) electrons. The Morgan fingerprint density at radius 2 is 1.88 bits per heavy atom. The average molecular weight is 340 g/mol. The summed E-state index contributed by atoms with van der Waals surface area (Å²) in [6, 6.07) is 8.45. The standard InChI is InChI=1S/C20H28N4O/c1-15-18(16(2)23(4)21-15)13-20(25)22(3)14-17-9-5-6-10-19(17)24-11-7-8-12-24/h5-6,9-10H,7-8,11-14H2,1-4H3. The molecular formula is C20H28N4O. The van der Waals surface area contributed by atoms with Crippen LogP contribution in [0.25, 0.3) is 0 Å². The van der Waals surface area contributed by atoms with E-state index in [1.54, 1.807) is 0 Å². The van der Waals surface area contributed by atoms with Gasteiger partial charge in [0.15, 0.2) is 0 Å². The van der Waals surface area contributed by atoms with Gasteiger partial charge in [0, 0.05) is 50.7 Å². The maximum absolute atomic E-state index is 12.7. The van der Waals surface area contributed by atoms with Gasteiger partial charge in [-0.1, -0.05) is 18.2 Å². The molecule has 0 atom stereocenters. The highest BCUT2D eigenvalue weighted by Crippen LogP contribution is 2.25. The molecule has 1 aliphatic rings. The van der Waals surface area contributed by atoms with Gasteiger partial charge >= 0.3 is 0 Å². The molecule has 5 nitrogen and oxygen atoms in total. The van der Waals surface area contributed by atoms with Gasteiger partial charge in [-0.25, -0.2) is 0 Å². The van der Waals surface area contributed by atoms with Crippen LogP contribution in [0.4, 0.5) is 5.69 Å². The van der Waals surface area contributed by atoms with E-state index in [0.717, 1.165) is 30.0 Å². The van der Waals surface area contributed by atoms with Gasteiger partial charge in [0.1, 0.15) is 0 Å². The Morgan fingerprint density at radius 1 is 1.20 bits per heavy atom. The Bertz CT molecular complexity index is 759. The summed E-state index contributed by atoms with van der Waals surface area (Å²) in [5, 5.41) is 4.41. The summed E-state index contributed by atoms with van der Waals surface area (Å²) in [5.74, 6) is 0.135. The molecule has 0 saturated carbocycles. The summed E-state index contributed by atoms with van der Waals surface area (Å²) < 4.78 is 1.85. The van der Waals surface area contributed by atoms with Crippen molar-refractivity contribution in [3.63, 3.8) is 0 Å². The number of carbonyl (C=O) groups is 1. The van der Waals surface area contributed by atoms with Gasteiger partial charge in [-0.3, -0.25) is 9.48 Å². The number of hydrogen-bond acceptors (Lipinski definition) is 3. The highest BCUT2D eigenvalue weighted by Gasteiger charge is 2.19. The van der Waals surface area contributed by atoms with E-state index in [1.165, 1.54) is 24.1 Å². The van der Waals surface area contributed by atoms with Crippen LogP contribution < -0.4 is 4.90 Å². The number of aromatic nitrogens is 2. The van der Waals surface area contributed by atoms with Crippen molar-refractivity contribution < 1.29 is 4.79 Å². The topological polar surface area (TPSA) is 41.4 Å². The van der Waals surface area contributed by atoms with Gasteiger partial charge in [0.25, 0.3) is 0 Å². The van der Waals surface area contributed by atoms with Crippen LogP contribution in [0.1, 0.15) is 35.4 Å². The molecule has 1 aromatic heterocycles. The quantitative estimate of drug-likeness (QED) is 0.840. The van der Waals surface area contributed by atoms with Gasteiger partial charge in [0.2, 0.25) is 5.91 Å². The lowest BCUT2D eigenvalue weighted by atomic mass is 10.1. The third-order valence-electron chi connectivity index (χ3n) is 5.26. The third kappa shape index (κ3) is 3.70. The molecule has 2 aromatic rings. The van der Waals surface area contributed by atoms with Crippen LogP contribution in [-0.4, -0.2) is 40.7 Å². The predicted molar refractivity (Wildman–Crippen MR) is 101 cm³/mol. The van der Waals surface area contributed by atoms with Crippen LogP contribution in [-0.2, 0) is 24.8 Å². The van der Waals surface area contributed by atoms with Crippen molar-refractivity contribution in [1.29, 1.82) is 0 Å². The Labute approximate surface area is 150 Å². The van der Waals surface area contributed by atoms with Crippen molar-refractivity contribution in [3.05, 3.63) is 46.8 Å². The smallest absolute Gasteiger partial charge is 0.227 e. The molecule has 1 aromatic carbocycles. The molecule has 3 rings (SSSR count). The number of para-hydroxylation sites is 1. The zero-order chi connectivity index (χ0) is 18.0. The van der Waals surface area contributed by atoms with Gasteiger partial charge in [-0.05, 0) is 38.3 Å². The lowest BCUT2D eigenvalue weighted by Crippen LogP contribution is -2.29. The monoisotopic (exact) mass is 340 g/mol. The Hall–Kier alpha value is -2.30. The summed E-state index contributed by atoms with van der Waals surface area (Å²) in [6.07, 6.45) is 2.92. The predicted octanol–water partition coefficient (Wildman–Crippen LogP) is 2.84. The van der Waals surface area contributed by atoms with Crippen molar-refractivity contribution in [2.24, 2.45) is 7.05 Å². The Morgan fingerprint density at radius 3 is 2.52 bits per heavy atom. The fraction of sp³-hybridized carbons (Fsp3) is 0.500. The molecule has 25 heavy (non-hydrogen) atoms. The Balaban J connectivity index is 1.72. The molecule has 0 spiro atoms. The lowest BCUT2D eigenvalue weighted by Gasteiger charge is -2.24. The average Bonchev–Trinajstić information content (AvgIpc) is 3.20. The second kappa shape index (κ2) is 7.30. The third-order valence-corrected chi connectivity index (χ3v) is 5.26. The number of nitrogens with zero attached hydrogens (tertiary/aromatic N) is 4. The number of hydrogen-bond donors (Lipinski definition) is 0. The van der Waals surface area contributed by atoms with E-state index in [-0.39, 0.29) is 5.91 Å². The first kappa shape index (κ1) is 17.5. The molecule has 134 valence electrons. The highest BCUT2D eigenvalue weighted by molar-refractivity contribution is 5.79. The normalized spacial score (nSPS) is 14.2. The zero-order valence-corrected chi connectivity index (χ0v) is 15.7. The van der Waals surface area contributed by atoms with E-state index in [2.05, 4.69) is 34.3 Å². The minimum absolute atomic E-state index is 0.135. The summed E-state index contributed by atoms with van der Waals surface area (Å²) in [5.41, 5.74) is 5.55. The molecular weight excluding hydrogens is 312 g/mol. The van der Waals surface area contributed by atoms with E-state index >= 15 is 0 Å². The molecule has 1 amide bonds. The number of benzene rings is 1. The number of amides is 1. The second-order valence-electron chi connectivity index (χ2n) is 7.02. The maximum Gasteiger partial charge on any atom is 0.227 e. The van der Waals surface area contributed by atoms with Crippen LogP contribution in [0.3, 0.4) is 0 Å². The van der Waals surface area contributed by atoms with Crippen molar-refractivity contribution in [2.75, 3.05) is 25.0 Å². The minimum Gasteiger partial charge on any atom is -0.371 e. The zero-order valence-electron chi connectivity index (χ0n) is 15.7. The van der Waals surface area contributed by atoms with Crippen molar-refractivity contribution in [1.82, 2.24) is 14.7 Å². The Kier molecular flexibility index (Phi) is 5.11.